The summed E-state index contributed by atoms with van der Waals surface area (Å²) in [4.78, 5) is 12.4. The van der Waals surface area contributed by atoms with Crippen molar-refractivity contribution in [1.82, 2.24) is 0 Å². The monoisotopic (exact) mass is 369 g/mol. The molecule has 3 aromatic rings. The molecule has 2 nitrogen and oxygen atoms in total. The van der Waals surface area contributed by atoms with E-state index in [0.29, 0.717) is 11.1 Å². The second-order valence-corrected chi connectivity index (χ2v) is 6.30. The number of rotatable bonds is 5. The van der Waals surface area contributed by atoms with Gasteiger partial charge in [0, 0.05) is 17.2 Å². The first kappa shape index (κ1) is 19.8. The summed E-state index contributed by atoms with van der Waals surface area (Å²) in [5.74, 6) is -0.592. The molecular formula is C22H21ClFNO. The fourth-order valence-corrected chi connectivity index (χ4v) is 2.86. The van der Waals surface area contributed by atoms with Gasteiger partial charge in [0.2, 0.25) is 0 Å². The van der Waals surface area contributed by atoms with Crippen molar-refractivity contribution in [2.45, 2.75) is 19.4 Å². The number of nitrogens with two attached hydrogens (primary N) is 1. The lowest BCUT2D eigenvalue weighted by Gasteiger charge is -2.09. The van der Waals surface area contributed by atoms with E-state index in [1.165, 1.54) is 17.7 Å². The first-order valence-electron chi connectivity index (χ1n) is 8.28. The van der Waals surface area contributed by atoms with E-state index in [0.717, 1.165) is 17.5 Å². The van der Waals surface area contributed by atoms with Crippen LogP contribution in [0.5, 0.6) is 0 Å². The van der Waals surface area contributed by atoms with Crippen LogP contribution < -0.4 is 5.73 Å². The molecule has 4 heteroatoms. The van der Waals surface area contributed by atoms with E-state index in [4.69, 9.17) is 5.73 Å². The lowest BCUT2D eigenvalue weighted by atomic mass is 9.97. The van der Waals surface area contributed by atoms with Crippen LogP contribution in [0.1, 0.15) is 28.4 Å². The Labute approximate surface area is 159 Å². The van der Waals surface area contributed by atoms with Crippen molar-refractivity contribution < 1.29 is 9.18 Å². The second kappa shape index (κ2) is 8.75. The highest BCUT2D eigenvalue weighted by Gasteiger charge is 2.10. The van der Waals surface area contributed by atoms with Crippen molar-refractivity contribution in [1.29, 1.82) is 0 Å². The summed E-state index contributed by atoms with van der Waals surface area (Å²) in [7, 11) is 0. The number of ketones is 1. The van der Waals surface area contributed by atoms with E-state index in [2.05, 4.69) is 12.1 Å². The molecule has 26 heavy (non-hydrogen) atoms. The highest BCUT2D eigenvalue weighted by atomic mass is 35.5. The molecule has 0 amide bonds. The second-order valence-electron chi connectivity index (χ2n) is 6.30. The number of benzene rings is 3. The minimum atomic E-state index is -0.409. The van der Waals surface area contributed by atoms with Crippen molar-refractivity contribution in [3.63, 3.8) is 0 Å². The molecule has 3 rings (SSSR count). The van der Waals surface area contributed by atoms with Crippen molar-refractivity contribution in [3.8, 4) is 11.1 Å². The molecule has 0 saturated carbocycles. The predicted molar refractivity (Wildman–Crippen MR) is 106 cm³/mol. The van der Waals surface area contributed by atoms with Gasteiger partial charge in [-0.25, -0.2) is 4.39 Å². The van der Waals surface area contributed by atoms with Crippen LogP contribution in [0.3, 0.4) is 0 Å². The average molecular weight is 370 g/mol. The highest BCUT2D eigenvalue weighted by molar-refractivity contribution is 6.09. The highest BCUT2D eigenvalue weighted by Crippen LogP contribution is 2.22. The fraction of sp³-hybridized carbons (Fsp3) is 0.136. The Morgan fingerprint density at radius 2 is 1.62 bits per heavy atom. The van der Waals surface area contributed by atoms with Crippen molar-refractivity contribution >= 4 is 18.2 Å². The quantitative estimate of drug-likeness (QED) is 0.640. The molecule has 0 aliphatic rings. The summed E-state index contributed by atoms with van der Waals surface area (Å²) >= 11 is 0. The first-order chi connectivity index (χ1) is 12.0. The van der Waals surface area contributed by atoms with Crippen LogP contribution in [0, 0.1) is 5.82 Å². The van der Waals surface area contributed by atoms with E-state index in [-0.39, 0.29) is 24.2 Å². The number of halogens is 2. The molecule has 0 bridgehead atoms. The standard InChI is InChI=1S/C22H20FNO.ClH/c1-15(24)12-16-4-2-5-19(13-16)17-8-10-18(11-9-17)22(25)20-6-3-7-21(23)14-20;/h2-11,13-15H,12,24H2,1H3;1H. The zero-order chi connectivity index (χ0) is 17.8. The van der Waals surface area contributed by atoms with Gasteiger partial charge in [0.05, 0.1) is 0 Å². The molecule has 0 spiro atoms. The average Bonchev–Trinajstić information content (AvgIpc) is 2.61. The summed E-state index contributed by atoms with van der Waals surface area (Å²) < 4.78 is 13.3. The summed E-state index contributed by atoms with van der Waals surface area (Å²) in [6, 6.07) is 21.5. The van der Waals surface area contributed by atoms with Gasteiger partial charge in [0.15, 0.2) is 5.78 Å². The zero-order valence-electron chi connectivity index (χ0n) is 14.5. The van der Waals surface area contributed by atoms with Crippen LogP contribution in [0.4, 0.5) is 4.39 Å². The molecule has 0 aromatic heterocycles. The third-order valence-electron chi connectivity index (χ3n) is 4.05. The van der Waals surface area contributed by atoms with E-state index in [1.807, 2.05) is 31.2 Å². The van der Waals surface area contributed by atoms with E-state index in [1.54, 1.807) is 24.3 Å². The Morgan fingerprint density at radius 3 is 2.27 bits per heavy atom. The SMILES string of the molecule is CC(N)Cc1cccc(-c2ccc(C(=O)c3cccc(F)c3)cc2)c1.Cl. The van der Waals surface area contributed by atoms with Gasteiger partial charge in [0.1, 0.15) is 5.82 Å². The molecule has 3 aromatic carbocycles. The molecule has 0 saturated heterocycles. The number of hydrogen-bond acceptors (Lipinski definition) is 2. The van der Waals surface area contributed by atoms with Crippen LogP contribution in [-0.2, 0) is 6.42 Å². The third kappa shape index (κ3) is 4.78. The van der Waals surface area contributed by atoms with Gasteiger partial charge in [-0.3, -0.25) is 4.79 Å². The molecule has 0 aliphatic heterocycles. The van der Waals surface area contributed by atoms with Crippen molar-refractivity contribution in [2.75, 3.05) is 0 Å². The molecule has 1 unspecified atom stereocenters. The molecule has 1 atom stereocenters. The van der Waals surface area contributed by atoms with Crippen LogP contribution in [0.15, 0.2) is 72.8 Å². The Kier molecular flexibility index (Phi) is 6.67. The smallest absolute Gasteiger partial charge is 0.193 e. The maximum Gasteiger partial charge on any atom is 0.193 e. The summed E-state index contributed by atoms with van der Waals surface area (Å²) in [6.07, 6.45) is 0.823. The molecular weight excluding hydrogens is 349 g/mol. The summed E-state index contributed by atoms with van der Waals surface area (Å²) in [5.41, 5.74) is 10.1. The topological polar surface area (TPSA) is 43.1 Å². The van der Waals surface area contributed by atoms with Gasteiger partial charge < -0.3 is 5.73 Å². The number of carbonyl (C=O) groups excluding carboxylic acids is 1. The Morgan fingerprint density at radius 1 is 0.923 bits per heavy atom. The van der Waals surface area contributed by atoms with Crippen LogP contribution in [0.2, 0.25) is 0 Å². The first-order valence-corrected chi connectivity index (χ1v) is 8.28. The lowest BCUT2D eigenvalue weighted by molar-refractivity contribution is 0.103. The predicted octanol–water partition coefficient (Wildman–Crippen LogP) is 5.04. The van der Waals surface area contributed by atoms with Crippen LogP contribution >= 0.6 is 12.4 Å². The molecule has 0 heterocycles. The lowest BCUT2D eigenvalue weighted by Crippen LogP contribution is -2.17. The van der Waals surface area contributed by atoms with E-state index < -0.39 is 5.82 Å². The maximum absolute atomic E-state index is 13.3. The Bertz CT molecular complexity index is 891. The largest absolute Gasteiger partial charge is 0.328 e. The van der Waals surface area contributed by atoms with Crippen LogP contribution in [0.25, 0.3) is 11.1 Å². The normalized spacial score (nSPS) is 11.5. The van der Waals surface area contributed by atoms with Gasteiger partial charge in [0.25, 0.3) is 0 Å². The minimum absolute atomic E-state index is 0. The van der Waals surface area contributed by atoms with Gasteiger partial charge in [-0.15, -0.1) is 12.4 Å². The van der Waals surface area contributed by atoms with Crippen molar-refractivity contribution in [2.24, 2.45) is 5.73 Å². The molecule has 0 fully saturated rings. The number of hydrogen-bond donors (Lipinski definition) is 1. The molecule has 0 aliphatic carbocycles. The minimum Gasteiger partial charge on any atom is -0.328 e. The van der Waals surface area contributed by atoms with Gasteiger partial charge in [-0.05, 0) is 42.2 Å². The Balaban J connectivity index is 0.00000243. The Hall–Kier alpha value is -2.49. The molecule has 134 valence electrons. The van der Waals surface area contributed by atoms with E-state index in [9.17, 15) is 9.18 Å². The zero-order valence-corrected chi connectivity index (χ0v) is 15.3. The molecule has 0 radical (unpaired) electrons. The van der Waals surface area contributed by atoms with Gasteiger partial charge in [-0.2, -0.15) is 0 Å². The molecule has 2 N–H and O–H groups in total. The van der Waals surface area contributed by atoms with Gasteiger partial charge >= 0.3 is 0 Å². The number of carbonyl (C=O) groups is 1. The van der Waals surface area contributed by atoms with Crippen LogP contribution in [-0.4, -0.2) is 11.8 Å². The fourth-order valence-electron chi connectivity index (χ4n) is 2.86. The third-order valence-corrected chi connectivity index (χ3v) is 4.05. The van der Waals surface area contributed by atoms with Crippen molar-refractivity contribution in [3.05, 3.63) is 95.3 Å². The summed E-state index contributed by atoms with van der Waals surface area (Å²) in [6.45, 7) is 1.99. The van der Waals surface area contributed by atoms with E-state index >= 15 is 0 Å². The summed E-state index contributed by atoms with van der Waals surface area (Å²) in [5, 5.41) is 0. The van der Waals surface area contributed by atoms with Gasteiger partial charge in [-0.1, -0.05) is 60.7 Å². The maximum atomic E-state index is 13.3.